The average Bonchev–Trinajstić information content (AvgIpc) is 2.02. The molecule has 1 aromatic rings. The van der Waals surface area contributed by atoms with Crippen molar-refractivity contribution in [3.05, 3.63) is 35.4 Å². The van der Waals surface area contributed by atoms with Crippen molar-refractivity contribution in [2.75, 3.05) is 0 Å². The molecule has 1 aromatic carbocycles. The Bertz CT molecular complexity index is 352. The molecule has 0 saturated carbocycles. The molecule has 0 heterocycles. The number of rotatable bonds is 2. The molecule has 76 valence electrons. The minimum absolute atomic E-state index is 0.604. The summed E-state index contributed by atoms with van der Waals surface area (Å²) in [5, 5.41) is 9.60. The van der Waals surface area contributed by atoms with E-state index in [0.717, 1.165) is 26.0 Å². The Morgan fingerprint density at radius 2 is 1.79 bits per heavy atom. The van der Waals surface area contributed by atoms with Crippen LogP contribution in [0.4, 0.5) is 8.78 Å². The van der Waals surface area contributed by atoms with Crippen molar-refractivity contribution >= 4 is 5.78 Å². The van der Waals surface area contributed by atoms with Gasteiger partial charge in [-0.2, -0.15) is 0 Å². The maximum Gasteiger partial charge on any atom is 0.165 e. The molecule has 0 aliphatic heterocycles. The van der Waals surface area contributed by atoms with Crippen molar-refractivity contribution in [3.63, 3.8) is 0 Å². The molecule has 0 aliphatic rings. The molecule has 1 N–H and O–H groups in total. The van der Waals surface area contributed by atoms with Gasteiger partial charge in [-0.05, 0) is 26.0 Å². The molecule has 0 saturated heterocycles. The first-order chi connectivity index (χ1) is 6.37. The fourth-order valence-corrected chi connectivity index (χ4v) is 1.14. The first-order valence-corrected chi connectivity index (χ1v) is 4.05. The summed E-state index contributed by atoms with van der Waals surface area (Å²) in [6.45, 7) is 2.14. The minimum atomic E-state index is -2.12. The highest BCUT2D eigenvalue weighted by Gasteiger charge is 2.34. The number of Topliss-reactive ketones (excluding diaryl/α,β-unsaturated/α-hetero) is 1. The lowest BCUT2D eigenvalue weighted by Gasteiger charge is -2.21. The number of ketones is 1. The van der Waals surface area contributed by atoms with E-state index in [9.17, 15) is 18.7 Å². The number of halogens is 2. The molecular weight excluding hydrogens is 190 g/mol. The van der Waals surface area contributed by atoms with Gasteiger partial charge < -0.3 is 5.11 Å². The van der Waals surface area contributed by atoms with Gasteiger partial charge in [-0.3, -0.25) is 4.79 Å². The zero-order valence-electron chi connectivity index (χ0n) is 7.84. The van der Waals surface area contributed by atoms with Crippen LogP contribution >= 0.6 is 0 Å². The molecule has 0 aliphatic carbocycles. The van der Waals surface area contributed by atoms with Crippen LogP contribution in [0.15, 0.2) is 18.2 Å². The lowest BCUT2D eigenvalue weighted by Crippen LogP contribution is -2.32. The lowest BCUT2D eigenvalue weighted by molar-refractivity contribution is -0.134. The SMILES string of the molecule is CC(=O)C(C)(O)c1c(F)cccc1F. The van der Waals surface area contributed by atoms with Crippen LogP contribution in [0.2, 0.25) is 0 Å². The molecule has 0 radical (unpaired) electrons. The summed E-state index contributed by atoms with van der Waals surface area (Å²) in [4.78, 5) is 11.0. The van der Waals surface area contributed by atoms with Crippen LogP contribution < -0.4 is 0 Å². The molecule has 2 nitrogen and oxygen atoms in total. The molecular formula is C10H10F2O2. The number of benzene rings is 1. The van der Waals surface area contributed by atoms with Crippen molar-refractivity contribution in [1.82, 2.24) is 0 Å². The molecule has 1 rings (SSSR count). The first kappa shape index (κ1) is 10.8. The van der Waals surface area contributed by atoms with Crippen LogP contribution in [0.5, 0.6) is 0 Å². The Kier molecular flexibility index (Phi) is 2.66. The van der Waals surface area contributed by atoms with E-state index < -0.39 is 28.6 Å². The average molecular weight is 200 g/mol. The fraction of sp³-hybridized carbons (Fsp3) is 0.300. The molecule has 0 bridgehead atoms. The lowest BCUT2D eigenvalue weighted by atomic mass is 9.91. The van der Waals surface area contributed by atoms with Crippen LogP contribution in [-0.4, -0.2) is 10.9 Å². The molecule has 1 unspecified atom stereocenters. The molecule has 0 fully saturated rings. The van der Waals surface area contributed by atoms with Gasteiger partial charge >= 0.3 is 0 Å². The second-order valence-electron chi connectivity index (χ2n) is 3.23. The highest BCUT2D eigenvalue weighted by atomic mass is 19.1. The second kappa shape index (κ2) is 3.46. The third-order valence-electron chi connectivity index (χ3n) is 2.14. The van der Waals surface area contributed by atoms with Gasteiger partial charge in [0.2, 0.25) is 0 Å². The molecule has 1 atom stereocenters. The minimum Gasteiger partial charge on any atom is -0.377 e. The van der Waals surface area contributed by atoms with Crippen LogP contribution in [0.3, 0.4) is 0 Å². The van der Waals surface area contributed by atoms with Crippen molar-refractivity contribution in [1.29, 1.82) is 0 Å². The van der Waals surface area contributed by atoms with Crippen LogP contribution in [0, 0.1) is 11.6 Å². The van der Waals surface area contributed by atoms with Gasteiger partial charge in [0.05, 0.1) is 5.56 Å². The summed E-state index contributed by atoms with van der Waals surface area (Å²) in [6, 6.07) is 3.16. The Balaban J connectivity index is 3.38. The Morgan fingerprint density at radius 3 is 2.14 bits per heavy atom. The second-order valence-corrected chi connectivity index (χ2v) is 3.23. The first-order valence-electron chi connectivity index (χ1n) is 4.05. The van der Waals surface area contributed by atoms with Crippen LogP contribution in [0.25, 0.3) is 0 Å². The van der Waals surface area contributed by atoms with Gasteiger partial charge in [0, 0.05) is 0 Å². The summed E-state index contributed by atoms with van der Waals surface area (Å²) in [6.07, 6.45) is 0. The highest BCUT2D eigenvalue weighted by Crippen LogP contribution is 2.26. The third kappa shape index (κ3) is 1.65. The van der Waals surface area contributed by atoms with Crippen LogP contribution in [-0.2, 0) is 10.4 Å². The van der Waals surface area contributed by atoms with Crippen molar-refractivity contribution < 1.29 is 18.7 Å². The van der Waals surface area contributed by atoms with E-state index in [1.54, 1.807) is 0 Å². The number of carbonyl (C=O) groups is 1. The molecule has 0 aromatic heterocycles. The van der Waals surface area contributed by atoms with Gasteiger partial charge in [-0.1, -0.05) is 6.07 Å². The monoisotopic (exact) mass is 200 g/mol. The van der Waals surface area contributed by atoms with E-state index in [-0.39, 0.29) is 0 Å². The van der Waals surface area contributed by atoms with Gasteiger partial charge in [-0.25, -0.2) is 8.78 Å². The van der Waals surface area contributed by atoms with E-state index in [2.05, 4.69) is 0 Å². The van der Waals surface area contributed by atoms with Crippen LogP contribution in [0.1, 0.15) is 19.4 Å². The zero-order chi connectivity index (χ0) is 10.9. The summed E-state index contributed by atoms with van der Waals surface area (Å²) < 4.78 is 26.3. The normalized spacial score (nSPS) is 14.9. The Hall–Kier alpha value is -1.29. The van der Waals surface area contributed by atoms with Crippen molar-refractivity contribution in [3.8, 4) is 0 Å². The standard InChI is InChI=1S/C10H10F2O2/c1-6(13)10(2,14)9-7(11)4-3-5-8(9)12/h3-5,14H,1-2H3. The topological polar surface area (TPSA) is 37.3 Å². The highest BCUT2D eigenvalue weighted by molar-refractivity contribution is 5.85. The Morgan fingerprint density at radius 1 is 1.36 bits per heavy atom. The number of hydrogen-bond donors (Lipinski definition) is 1. The number of carbonyl (C=O) groups excluding carboxylic acids is 1. The quantitative estimate of drug-likeness (QED) is 0.789. The van der Waals surface area contributed by atoms with Crippen molar-refractivity contribution in [2.24, 2.45) is 0 Å². The van der Waals surface area contributed by atoms with E-state index >= 15 is 0 Å². The van der Waals surface area contributed by atoms with E-state index in [0.29, 0.717) is 0 Å². The number of hydrogen-bond acceptors (Lipinski definition) is 2. The summed E-state index contributed by atoms with van der Waals surface area (Å²) >= 11 is 0. The van der Waals surface area contributed by atoms with E-state index in [1.807, 2.05) is 0 Å². The molecule has 0 spiro atoms. The van der Waals surface area contributed by atoms with Gasteiger partial charge in [0.15, 0.2) is 11.4 Å². The van der Waals surface area contributed by atoms with E-state index in [1.165, 1.54) is 6.07 Å². The maximum atomic E-state index is 13.2. The summed E-state index contributed by atoms with van der Waals surface area (Å²) in [7, 11) is 0. The van der Waals surface area contributed by atoms with Crippen molar-refractivity contribution in [2.45, 2.75) is 19.4 Å². The molecule has 4 heteroatoms. The predicted octanol–water partition coefficient (Wildman–Crippen LogP) is 1.76. The smallest absolute Gasteiger partial charge is 0.165 e. The third-order valence-corrected chi connectivity index (χ3v) is 2.14. The zero-order valence-corrected chi connectivity index (χ0v) is 7.84. The van der Waals surface area contributed by atoms with Gasteiger partial charge in [0.1, 0.15) is 11.6 Å². The number of aliphatic hydroxyl groups is 1. The Labute approximate surface area is 80.2 Å². The fourth-order valence-electron chi connectivity index (χ4n) is 1.14. The maximum absolute atomic E-state index is 13.2. The molecule has 0 amide bonds. The molecule has 14 heavy (non-hydrogen) atoms. The van der Waals surface area contributed by atoms with Gasteiger partial charge in [-0.15, -0.1) is 0 Å². The largest absolute Gasteiger partial charge is 0.377 e. The van der Waals surface area contributed by atoms with E-state index in [4.69, 9.17) is 0 Å². The van der Waals surface area contributed by atoms with Gasteiger partial charge in [0.25, 0.3) is 0 Å². The summed E-state index contributed by atoms with van der Waals surface area (Å²) in [5.41, 5.74) is -2.72. The predicted molar refractivity (Wildman–Crippen MR) is 46.6 cm³/mol. The summed E-state index contributed by atoms with van der Waals surface area (Å²) in [5.74, 6) is -2.56.